The van der Waals surface area contributed by atoms with E-state index in [0.29, 0.717) is 24.1 Å². The van der Waals surface area contributed by atoms with E-state index in [2.05, 4.69) is 5.32 Å². The molecule has 0 saturated heterocycles. The van der Waals surface area contributed by atoms with Gasteiger partial charge in [-0.15, -0.1) is 0 Å². The Morgan fingerprint density at radius 3 is 2.52 bits per heavy atom. The third kappa shape index (κ3) is 4.74. The molecule has 0 radical (unpaired) electrons. The topological polar surface area (TPSA) is 92.6 Å². The molecule has 0 aromatic heterocycles. The number of carbonyl (C=O) groups is 2. The molecule has 168 valence electrons. The van der Waals surface area contributed by atoms with E-state index >= 15 is 0 Å². The summed E-state index contributed by atoms with van der Waals surface area (Å²) in [6.07, 6.45) is 0.486. The third-order valence-electron chi connectivity index (χ3n) is 5.80. The van der Waals surface area contributed by atoms with Crippen molar-refractivity contribution < 1.29 is 18.9 Å². The lowest BCUT2D eigenvalue weighted by molar-refractivity contribution is -0.384. The maximum Gasteiger partial charge on any atom is 0.293 e. The van der Waals surface area contributed by atoms with Crippen LogP contribution in [-0.4, -0.2) is 28.1 Å². The van der Waals surface area contributed by atoms with Gasteiger partial charge in [-0.2, -0.15) is 0 Å². The number of nitrogens with zero attached hydrogens (tertiary/aromatic N) is 2. The van der Waals surface area contributed by atoms with Crippen molar-refractivity contribution in [3.05, 3.63) is 105 Å². The molecule has 7 nitrogen and oxygen atoms in total. The number of fused-ring (bicyclic) bond motifs is 1. The average molecular weight is 447 g/mol. The quantitative estimate of drug-likeness (QED) is 0.342. The smallest absolute Gasteiger partial charge is 0.293 e. The molecule has 3 aromatic rings. The van der Waals surface area contributed by atoms with Crippen LogP contribution in [0.15, 0.2) is 66.7 Å². The van der Waals surface area contributed by atoms with Crippen LogP contribution in [-0.2, 0) is 11.3 Å². The highest BCUT2D eigenvalue weighted by molar-refractivity contribution is 6.09. The summed E-state index contributed by atoms with van der Waals surface area (Å²) >= 11 is 0. The van der Waals surface area contributed by atoms with Crippen LogP contribution >= 0.6 is 0 Å². The lowest BCUT2D eigenvalue weighted by Gasteiger charge is -2.21. The first-order valence-electron chi connectivity index (χ1n) is 10.5. The minimum atomic E-state index is -0.533. The summed E-state index contributed by atoms with van der Waals surface area (Å²) < 4.78 is 13.9. The van der Waals surface area contributed by atoms with Crippen molar-refractivity contribution in [1.82, 2.24) is 4.90 Å². The predicted octanol–water partition coefficient (Wildman–Crippen LogP) is 4.87. The molecule has 0 bridgehead atoms. The van der Waals surface area contributed by atoms with Gasteiger partial charge in [-0.3, -0.25) is 19.7 Å². The molecule has 4 rings (SSSR count). The predicted molar refractivity (Wildman–Crippen MR) is 121 cm³/mol. The fourth-order valence-electron chi connectivity index (χ4n) is 4.08. The molecular weight excluding hydrogens is 425 g/mol. The summed E-state index contributed by atoms with van der Waals surface area (Å²) in [4.78, 5) is 37.6. The molecule has 1 aliphatic rings. The lowest BCUT2D eigenvalue weighted by atomic mass is 9.98. The minimum absolute atomic E-state index is 0.124. The second kappa shape index (κ2) is 9.20. The maximum absolute atomic E-state index is 13.9. The highest BCUT2D eigenvalue weighted by Gasteiger charge is 2.27. The van der Waals surface area contributed by atoms with Crippen molar-refractivity contribution >= 4 is 23.1 Å². The monoisotopic (exact) mass is 447 g/mol. The van der Waals surface area contributed by atoms with Gasteiger partial charge in [0.1, 0.15) is 11.5 Å². The van der Waals surface area contributed by atoms with Crippen molar-refractivity contribution in [2.24, 2.45) is 0 Å². The number of nitrogens with one attached hydrogen (secondary N) is 1. The molecule has 0 saturated carbocycles. The zero-order valence-corrected chi connectivity index (χ0v) is 18.0. The van der Waals surface area contributed by atoms with Crippen molar-refractivity contribution in [2.45, 2.75) is 25.9 Å². The maximum atomic E-state index is 13.9. The summed E-state index contributed by atoms with van der Waals surface area (Å²) in [6.45, 7) is 2.15. The van der Waals surface area contributed by atoms with Crippen molar-refractivity contribution in [1.29, 1.82) is 0 Å². The summed E-state index contributed by atoms with van der Waals surface area (Å²) in [5, 5.41) is 15.0. The zero-order valence-electron chi connectivity index (χ0n) is 18.0. The van der Waals surface area contributed by atoms with Gasteiger partial charge in [0.15, 0.2) is 5.78 Å². The molecule has 1 aliphatic heterocycles. The van der Waals surface area contributed by atoms with Crippen molar-refractivity contribution in [3.63, 3.8) is 0 Å². The van der Waals surface area contributed by atoms with E-state index in [1.807, 2.05) is 0 Å². The van der Waals surface area contributed by atoms with Gasteiger partial charge >= 0.3 is 0 Å². The van der Waals surface area contributed by atoms with Crippen molar-refractivity contribution in [2.75, 3.05) is 11.9 Å². The number of amides is 1. The second-order valence-electron chi connectivity index (χ2n) is 7.95. The van der Waals surface area contributed by atoms with Crippen LogP contribution in [0.25, 0.3) is 0 Å². The van der Waals surface area contributed by atoms with E-state index in [1.54, 1.807) is 47.4 Å². The van der Waals surface area contributed by atoms with Gasteiger partial charge in [-0.05, 0) is 41.8 Å². The minimum Gasteiger partial charge on any atom is -0.373 e. The van der Waals surface area contributed by atoms with Gasteiger partial charge in [0.2, 0.25) is 5.91 Å². The van der Waals surface area contributed by atoms with Crippen LogP contribution in [0, 0.1) is 15.9 Å². The van der Waals surface area contributed by atoms with Gasteiger partial charge in [0.25, 0.3) is 5.69 Å². The van der Waals surface area contributed by atoms with E-state index in [4.69, 9.17) is 0 Å². The number of anilines is 1. The number of nitro groups is 1. The Morgan fingerprint density at radius 1 is 1.06 bits per heavy atom. The Morgan fingerprint density at radius 2 is 1.82 bits per heavy atom. The third-order valence-corrected chi connectivity index (χ3v) is 5.80. The highest BCUT2D eigenvalue weighted by atomic mass is 19.1. The largest absolute Gasteiger partial charge is 0.373 e. The van der Waals surface area contributed by atoms with Crippen LogP contribution < -0.4 is 5.32 Å². The van der Waals surface area contributed by atoms with Gasteiger partial charge in [0.05, 0.1) is 11.0 Å². The number of rotatable bonds is 5. The van der Waals surface area contributed by atoms with Crippen LogP contribution in [0.4, 0.5) is 15.8 Å². The molecule has 1 unspecified atom stereocenters. The summed E-state index contributed by atoms with van der Waals surface area (Å²) in [6, 6.07) is 16.9. The first-order valence-corrected chi connectivity index (χ1v) is 10.5. The number of benzene rings is 3. The Kier molecular flexibility index (Phi) is 6.17. The van der Waals surface area contributed by atoms with Crippen LogP contribution in [0.1, 0.15) is 46.4 Å². The summed E-state index contributed by atoms with van der Waals surface area (Å²) in [5.41, 5.74) is 2.10. The Balaban J connectivity index is 1.68. The highest BCUT2D eigenvalue weighted by Crippen LogP contribution is 2.34. The molecule has 1 N–H and O–H groups in total. The molecule has 0 fully saturated rings. The van der Waals surface area contributed by atoms with E-state index < -0.39 is 10.7 Å². The van der Waals surface area contributed by atoms with E-state index in [0.717, 1.165) is 5.56 Å². The molecule has 8 heteroatoms. The van der Waals surface area contributed by atoms with Crippen LogP contribution in [0.5, 0.6) is 0 Å². The number of hydrogen-bond acceptors (Lipinski definition) is 5. The lowest BCUT2D eigenvalue weighted by Crippen LogP contribution is -2.28. The Hall–Kier alpha value is -4.07. The first kappa shape index (κ1) is 22.1. The van der Waals surface area contributed by atoms with Gasteiger partial charge in [-0.25, -0.2) is 4.39 Å². The summed E-state index contributed by atoms with van der Waals surface area (Å²) in [5.74, 6) is -0.842. The van der Waals surface area contributed by atoms with Crippen molar-refractivity contribution in [3.8, 4) is 0 Å². The van der Waals surface area contributed by atoms with Gasteiger partial charge in [-0.1, -0.05) is 36.4 Å². The Labute approximate surface area is 190 Å². The molecule has 0 aliphatic carbocycles. The molecule has 1 amide bonds. The molecule has 0 spiro atoms. The molecule has 33 heavy (non-hydrogen) atoms. The number of halogens is 1. The van der Waals surface area contributed by atoms with Crippen LogP contribution in [0.3, 0.4) is 0 Å². The fraction of sp³-hybridized carbons (Fsp3) is 0.200. The Bertz CT molecular complexity index is 1230. The average Bonchev–Trinajstić information content (AvgIpc) is 2.98. The van der Waals surface area contributed by atoms with Gasteiger partial charge in [0, 0.05) is 37.2 Å². The van der Waals surface area contributed by atoms with Crippen LogP contribution in [0.2, 0.25) is 0 Å². The molecule has 3 aromatic carbocycles. The fourth-order valence-corrected chi connectivity index (χ4v) is 4.08. The second-order valence-corrected chi connectivity index (χ2v) is 7.95. The summed E-state index contributed by atoms with van der Waals surface area (Å²) in [7, 11) is 0. The number of hydrogen-bond donors (Lipinski definition) is 1. The number of ketones is 1. The SMILES string of the molecule is CC(=O)N1CCC(Nc2ccc(C(=O)c3ccccc3)cc2[N+](=O)[O-])c2ccc(F)cc2C1. The number of nitro benzene ring substituents is 1. The van der Waals surface area contributed by atoms with E-state index in [1.165, 1.54) is 31.2 Å². The van der Waals surface area contributed by atoms with Gasteiger partial charge < -0.3 is 10.2 Å². The standard InChI is InChI=1S/C25H22FN3O4/c1-16(30)28-12-11-22(21-9-8-20(26)13-19(21)15-28)27-23-10-7-18(14-24(23)29(32)33)25(31)17-5-3-2-4-6-17/h2-10,13-14,22,27H,11-12,15H2,1H3. The number of carbonyl (C=O) groups excluding carboxylic acids is 2. The molecular formula is C25H22FN3O4. The zero-order chi connectivity index (χ0) is 23.5. The first-order chi connectivity index (χ1) is 15.8. The van der Waals surface area contributed by atoms with E-state index in [9.17, 15) is 24.1 Å². The molecule has 1 atom stereocenters. The van der Waals surface area contributed by atoms with E-state index in [-0.39, 0.29) is 41.2 Å². The molecule has 1 heterocycles. The normalized spacial score (nSPS) is 15.3.